The van der Waals surface area contributed by atoms with Crippen molar-refractivity contribution >= 4 is 17.4 Å². The van der Waals surface area contributed by atoms with E-state index in [-0.39, 0.29) is 11.3 Å². The maximum Gasteiger partial charge on any atom is 0.295 e. The van der Waals surface area contributed by atoms with Crippen molar-refractivity contribution < 1.29 is 19.4 Å². The molecule has 0 spiro atoms. The molecule has 1 heterocycles. The number of nitrogens with zero attached hydrogens (tertiary/aromatic N) is 1. The average Bonchev–Trinajstić information content (AvgIpc) is 2.97. The molecule has 1 aliphatic rings. The van der Waals surface area contributed by atoms with Gasteiger partial charge in [0.25, 0.3) is 11.7 Å². The van der Waals surface area contributed by atoms with Gasteiger partial charge in [-0.05, 0) is 43.2 Å². The second-order valence-electron chi connectivity index (χ2n) is 6.99. The number of aryl methyl sites for hydroxylation is 1. The molecule has 2 aromatic carbocycles. The molecule has 28 heavy (non-hydrogen) atoms. The third-order valence-electron chi connectivity index (χ3n) is 5.05. The number of amides is 1. The van der Waals surface area contributed by atoms with Crippen molar-refractivity contribution in [3.8, 4) is 5.75 Å². The Labute approximate surface area is 165 Å². The molecule has 0 bridgehead atoms. The van der Waals surface area contributed by atoms with Crippen LogP contribution in [0.1, 0.15) is 42.5 Å². The molecular weight excluding hydrogens is 354 g/mol. The van der Waals surface area contributed by atoms with Crippen molar-refractivity contribution in [1.82, 2.24) is 4.90 Å². The monoisotopic (exact) mass is 379 g/mol. The highest BCUT2D eigenvalue weighted by Gasteiger charge is 2.45. The fraction of sp³-hybridized carbons (Fsp3) is 0.304. The third-order valence-corrected chi connectivity index (χ3v) is 5.05. The lowest BCUT2D eigenvalue weighted by Gasteiger charge is -2.25. The zero-order chi connectivity index (χ0) is 20.3. The average molecular weight is 379 g/mol. The molecule has 0 unspecified atom stereocenters. The zero-order valence-corrected chi connectivity index (χ0v) is 16.4. The van der Waals surface area contributed by atoms with Gasteiger partial charge in [0.2, 0.25) is 0 Å². The van der Waals surface area contributed by atoms with Crippen LogP contribution in [0.25, 0.3) is 5.76 Å². The number of unbranched alkanes of at least 4 members (excludes halogenated alkanes) is 1. The lowest BCUT2D eigenvalue weighted by Crippen LogP contribution is -2.30. The number of rotatable bonds is 6. The van der Waals surface area contributed by atoms with Crippen LogP contribution in [0.2, 0.25) is 0 Å². The van der Waals surface area contributed by atoms with E-state index in [9.17, 15) is 14.7 Å². The molecule has 5 heteroatoms. The summed E-state index contributed by atoms with van der Waals surface area (Å²) in [4.78, 5) is 27.1. The number of hydrogen-bond acceptors (Lipinski definition) is 4. The molecule has 0 aliphatic carbocycles. The number of carbonyl (C=O) groups is 2. The standard InChI is InChI=1S/C23H25NO4/c1-4-5-14-24-20(16-8-6-15(2)7-9-16)19(22(26)23(24)27)21(25)17-10-12-18(28-3)13-11-17/h6-13,20,25H,4-5,14H2,1-3H3/t20-/m0/s1. The molecule has 2 aromatic rings. The summed E-state index contributed by atoms with van der Waals surface area (Å²) in [7, 11) is 1.56. The SMILES string of the molecule is CCCCN1C(=O)C(=O)C(=C(O)c2ccc(OC)cc2)[C@@H]1c1ccc(C)cc1. The van der Waals surface area contributed by atoms with Gasteiger partial charge in [0, 0.05) is 12.1 Å². The van der Waals surface area contributed by atoms with E-state index in [2.05, 4.69) is 0 Å². The molecule has 0 aromatic heterocycles. The summed E-state index contributed by atoms with van der Waals surface area (Å²) in [5, 5.41) is 10.9. The van der Waals surface area contributed by atoms with E-state index < -0.39 is 17.7 Å². The number of Topliss-reactive ketones (excluding diaryl/α,β-unsaturated/α-hetero) is 1. The second-order valence-corrected chi connectivity index (χ2v) is 6.99. The van der Waals surface area contributed by atoms with Gasteiger partial charge in [-0.25, -0.2) is 0 Å². The molecule has 0 radical (unpaired) electrons. The number of hydrogen-bond donors (Lipinski definition) is 1. The Morgan fingerprint density at radius 1 is 1.07 bits per heavy atom. The van der Waals surface area contributed by atoms with Crippen LogP contribution < -0.4 is 4.74 Å². The molecule has 1 atom stereocenters. The molecule has 1 saturated heterocycles. The van der Waals surface area contributed by atoms with Crippen LogP contribution >= 0.6 is 0 Å². The van der Waals surface area contributed by atoms with Gasteiger partial charge in [-0.2, -0.15) is 0 Å². The van der Waals surface area contributed by atoms with E-state index in [1.54, 1.807) is 36.3 Å². The van der Waals surface area contributed by atoms with Crippen molar-refractivity contribution in [2.75, 3.05) is 13.7 Å². The van der Waals surface area contributed by atoms with Gasteiger partial charge in [-0.1, -0.05) is 43.2 Å². The fourth-order valence-corrected chi connectivity index (χ4v) is 3.44. The Balaban J connectivity index is 2.12. The van der Waals surface area contributed by atoms with E-state index in [0.29, 0.717) is 17.9 Å². The van der Waals surface area contributed by atoms with Gasteiger partial charge >= 0.3 is 0 Å². The summed E-state index contributed by atoms with van der Waals surface area (Å²) in [5.74, 6) is -0.718. The Morgan fingerprint density at radius 2 is 1.71 bits per heavy atom. The summed E-state index contributed by atoms with van der Waals surface area (Å²) >= 11 is 0. The Morgan fingerprint density at radius 3 is 2.29 bits per heavy atom. The molecule has 1 aliphatic heterocycles. The zero-order valence-electron chi connectivity index (χ0n) is 16.4. The molecule has 3 rings (SSSR count). The summed E-state index contributed by atoms with van der Waals surface area (Å²) < 4.78 is 5.15. The Bertz CT molecular complexity index is 897. The van der Waals surface area contributed by atoms with Crippen LogP contribution in [-0.4, -0.2) is 35.4 Å². The van der Waals surface area contributed by atoms with E-state index in [1.165, 1.54) is 0 Å². The van der Waals surface area contributed by atoms with Crippen molar-refractivity contribution in [3.05, 3.63) is 70.8 Å². The molecule has 1 N–H and O–H groups in total. The first-order valence-electron chi connectivity index (χ1n) is 9.47. The summed E-state index contributed by atoms with van der Waals surface area (Å²) in [6, 6.07) is 13.9. The quantitative estimate of drug-likeness (QED) is 0.463. The van der Waals surface area contributed by atoms with Crippen molar-refractivity contribution in [2.24, 2.45) is 0 Å². The summed E-state index contributed by atoms with van der Waals surface area (Å²) in [5.41, 5.74) is 2.52. The largest absolute Gasteiger partial charge is 0.507 e. The highest BCUT2D eigenvalue weighted by atomic mass is 16.5. The molecule has 146 valence electrons. The van der Waals surface area contributed by atoms with Gasteiger partial charge in [-0.3, -0.25) is 9.59 Å². The van der Waals surface area contributed by atoms with Crippen molar-refractivity contribution in [2.45, 2.75) is 32.7 Å². The van der Waals surface area contributed by atoms with E-state index in [4.69, 9.17) is 4.74 Å². The van der Waals surface area contributed by atoms with E-state index in [1.807, 2.05) is 38.1 Å². The van der Waals surface area contributed by atoms with Gasteiger partial charge in [-0.15, -0.1) is 0 Å². The summed E-state index contributed by atoms with van der Waals surface area (Å²) in [6.45, 7) is 4.49. The molecular formula is C23H25NO4. The number of ether oxygens (including phenoxy) is 1. The lowest BCUT2D eigenvalue weighted by atomic mass is 9.94. The van der Waals surface area contributed by atoms with Crippen molar-refractivity contribution in [1.29, 1.82) is 0 Å². The number of ketones is 1. The van der Waals surface area contributed by atoms with Gasteiger partial charge < -0.3 is 14.7 Å². The first-order chi connectivity index (χ1) is 13.5. The predicted octanol–water partition coefficient (Wildman–Crippen LogP) is 4.23. The van der Waals surface area contributed by atoms with Crippen LogP contribution in [0, 0.1) is 6.92 Å². The predicted molar refractivity (Wildman–Crippen MR) is 108 cm³/mol. The second kappa shape index (κ2) is 8.30. The number of carbonyl (C=O) groups excluding carboxylic acids is 2. The minimum atomic E-state index is -0.644. The third kappa shape index (κ3) is 3.65. The Hall–Kier alpha value is -3.08. The fourth-order valence-electron chi connectivity index (χ4n) is 3.44. The molecule has 1 amide bonds. The van der Waals surface area contributed by atoms with Gasteiger partial charge in [0.1, 0.15) is 11.5 Å². The minimum Gasteiger partial charge on any atom is -0.507 e. The lowest BCUT2D eigenvalue weighted by molar-refractivity contribution is -0.139. The van der Waals surface area contributed by atoms with Crippen molar-refractivity contribution in [3.63, 3.8) is 0 Å². The molecule has 1 fully saturated rings. The maximum atomic E-state index is 12.8. The summed E-state index contributed by atoms with van der Waals surface area (Å²) in [6.07, 6.45) is 1.69. The number of aliphatic hydroxyl groups excluding tert-OH is 1. The van der Waals surface area contributed by atoms with Crippen LogP contribution in [0.5, 0.6) is 5.75 Å². The maximum absolute atomic E-state index is 12.8. The van der Waals surface area contributed by atoms with Crippen LogP contribution in [0.3, 0.4) is 0 Å². The van der Waals surface area contributed by atoms with Crippen LogP contribution in [0.15, 0.2) is 54.1 Å². The number of methoxy groups -OCH3 is 1. The highest BCUT2D eigenvalue weighted by Crippen LogP contribution is 2.39. The minimum absolute atomic E-state index is 0.134. The first-order valence-corrected chi connectivity index (χ1v) is 9.47. The van der Waals surface area contributed by atoms with E-state index >= 15 is 0 Å². The highest BCUT2D eigenvalue weighted by molar-refractivity contribution is 6.46. The molecule has 0 saturated carbocycles. The smallest absolute Gasteiger partial charge is 0.295 e. The Kier molecular flexibility index (Phi) is 5.83. The van der Waals surface area contributed by atoms with Gasteiger partial charge in [0.05, 0.1) is 18.7 Å². The number of benzene rings is 2. The van der Waals surface area contributed by atoms with Gasteiger partial charge in [0.15, 0.2) is 0 Å². The first kappa shape index (κ1) is 19.7. The number of likely N-dealkylation sites (tertiary alicyclic amines) is 1. The van der Waals surface area contributed by atoms with Crippen LogP contribution in [-0.2, 0) is 9.59 Å². The normalized spacial score (nSPS) is 18.5. The topological polar surface area (TPSA) is 66.8 Å². The molecule has 5 nitrogen and oxygen atoms in total. The van der Waals surface area contributed by atoms with Crippen LogP contribution in [0.4, 0.5) is 0 Å². The number of aliphatic hydroxyl groups is 1. The van der Waals surface area contributed by atoms with E-state index in [0.717, 1.165) is 24.0 Å².